The first-order valence-electron chi connectivity index (χ1n) is 22.4. The standard InChI is InChI=1S/C43H60N8O19S2/c44-22(10-20-6-8-21(54)9-7-20)37(62)50-25-17-71-72-18-26(51-40(65)23(11-19-4-2-1-3-5-19)48-30(56)13-47-39(25)64)41(66)49-24(38(63)46-12-29(45)55)16-67-42-35(61)33(59)36(28(15-53)69-42)70-43-34(60)32(58)31(57)27(14-52)68-43/h1-9,22-28,31-36,42-43,52-54,57-61H,10-18,44H2,(H2,45,55)(H,46,63)(H,47,64)(H,48,56)(H,49,66)(H,50,62)(H,51,65)/t22-,23-,24-,25?,26+,27+,28+,31+,32-,33+,34+,35+,36+,42+,43-/m0/s1. The van der Waals surface area contributed by atoms with Crippen molar-refractivity contribution >= 4 is 62.9 Å². The topological polar surface area (TPSA) is 442 Å². The van der Waals surface area contributed by atoms with E-state index < -0.39 is 166 Å². The first-order valence-corrected chi connectivity index (χ1v) is 24.8. The highest BCUT2D eigenvalue weighted by Gasteiger charge is 2.51. The van der Waals surface area contributed by atoms with Crippen LogP contribution in [0.25, 0.3) is 0 Å². The van der Waals surface area contributed by atoms with Gasteiger partial charge in [0.2, 0.25) is 41.4 Å². The van der Waals surface area contributed by atoms with Gasteiger partial charge >= 0.3 is 0 Å². The molecule has 0 bridgehead atoms. The molecule has 3 aliphatic rings. The molecule has 0 radical (unpaired) electrons. The lowest BCUT2D eigenvalue weighted by Crippen LogP contribution is -2.65. The van der Waals surface area contributed by atoms with Crippen molar-refractivity contribution in [3.63, 3.8) is 0 Å². The Morgan fingerprint density at radius 1 is 0.778 bits per heavy atom. The molecule has 0 spiro atoms. The SMILES string of the molecule is NC(=O)CNC(=O)[C@H](CO[C@@H]1O[C@H](CO)[C@@H](O[C@@H]2O[C@H](CO)[C@@H](O)[C@H](O)[C@H]2O)[C@H](O)[C@H]1O)NC(=O)[C@H]1CSSCC(NC(=O)[C@@H](N)Cc2ccc(O)cc2)C(=O)NCC(=O)N[C@@H](Cc2ccccc2)C(=O)N1. The first kappa shape index (κ1) is 57.6. The summed E-state index contributed by atoms with van der Waals surface area (Å²) >= 11 is 0. The van der Waals surface area contributed by atoms with Gasteiger partial charge in [0.15, 0.2) is 12.6 Å². The molecule has 0 aliphatic carbocycles. The molecule has 0 aromatic heterocycles. The van der Waals surface area contributed by atoms with Gasteiger partial charge in [-0.25, -0.2) is 0 Å². The summed E-state index contributed by atoms with van der Waals surface area (Å²) < 4.78 is 22.2. The van der Waals surface area contributed by atoms with E-state index in [2.05, 4.69) is 31.9 Å². The van der Waals surface area contributed by atoms with E-state index in [1.54, 1.807) is 42.5 Å². The molecule has 3 aliphatic heterocycles. The van der Waals surface area contributed by atoms with E-state index in [-0.39, 0.29) is 30.1 Å². The van der Waals surface area contributed by atoms with E-state index in [9.17, 15) is 74.4 Å². The molecule has 3 saturated heterocycles. The lowest BCUT2D eigenvalue weighted by atomic mass is 9.97. The van der Waals surface area contributed by atoms with E-state index in [4.69, 9.17) is 30.4 Å². The summed E-state index contributed by atoms with van der Waals surface area (Å²) in [6.45, 7) is -3.99. The Hall–Kier alpha value is -5.25. The fourth-order valence-corrected chi connectivity index (χ4v) is 9.69. The number of primary amides is 1. The molecule has 5 rings (SSSR count). The van der Waals surface area contributed by atoms with Crippen LogP contribution in [-0.4, -0.2) is 218 Å². The van der Waals surface area contributed by atoms with E-state index >= 15 is 0 Å². The van der Waals surface area contributed by atoms with Crippen molar-refractivity contribution in [3.05, 3.63) is 65.7 Å². The molecular formula is C43H60N8O19S2. The highest BCUT2D eigenvalue weighted by atomic mass is 33.1. The van der Waals surface area contributed by atoms with Crippen LogP contribution in [0.4, 0.5) is 0 Å². The number of nitrogens with two attached hydrogens (primary N) is 2. The predicted molar refractivity (Wildman–Crippen MR) is 250 cm³/mol. The zero-order valence-electron chi connectivity index (χ0n) is 38.3. The van der Waals surface area contributed by atoms with Crippen molar-refractivity contribution < 1.29 is 93.4 Å². The minimum absolute atomic E-state index is 0.00444. The van der Waals surface area contributed by atoms with Gasteiger partial charge in [-0.1, -0.05) is 64.1 Å². The number of hydrogen-bond acceptors (Lipinski definition) is 22. The number of aliphatic hydroxyl groups is 7. The van der Waals surface area contributed by atoms with Crippen LogP contribution in [0, 0.1) is 0 Å². The van der Waals surface area contributed by atoms with Crippen LogP contribution >= 0.6 is 21.6 Å². The summed E-state index contributed by atoms with van der Waals surface area (Å²) in [5.74, 6) is -6.69. The molecule has 29 heteroatoms. The summed E-state index contributed by atoms with van der Waals surface area (Å²) in [4.78, 5) is 93.4. The van der Waals surface area contributed by atoms with Crippen molar-refractivity contribution in [3.8, 4) is 5.75 Å². The van der Waals surface area contributed by atoms with Gasteiger partial charge in [-0.15, -0.1) is 0 Å². The Morgan fingerprint density at radius 3 is 2.10 bits per heavy atom. The van der Waals surface area contributed by atoms with Crippen molar-refractivity contribution in [2.45, 2.75) is 104 Å². The molecule has 2 aromatic carbocycles. The van der Waals surface area contributed by atoms with Gasteiger partial charge in [0, 0.05) is 17.9 Å². The molecule has 0 saturated carbocycles. The fourth-order valence-electron chi connectivity index (χ4n) is 7.36. The fraction of sp³-hybridized carbons (Fsp3) is 0.558. The van der Waals surface area contributed by atoms with Crippen LogP contribution in [-0.2, 0) is 65.4 Å². The second-order valence-electron chi connectivity index (χ2n) is 16.8. The first-order chi connectivity index (χ1) is 34.3. The second kappa shape index (κ2) is 27.7. The number of amides is 7. The Bertz CT molecular complexity index is 2150. The van der Waals surface area contributed by atoms with E-state index in [0.717, 1.165) is 21.6 Å². The summed E-state index contributed by atoms with van der Waals surface area (Å²) in [6.07, 6.45) is -18.1. The van der Waals surface area contributed by atoms with Crippen molar-refractivity contribution in [2.24, 2.45) is 11.5 Å². The molecule has 3 heterocycles. The number of carbonyl (C=O) groups excluding carboxylic acids is 7. The number of nitrogens with one attached hydrogen (secondary N) is 6. The van der Waals surface area contributed by atoms with Gasteiger partial charge in [-0.05, 0) is 29.7 Å². The number of ether oxygens (including phenoxy) is 4. The maximum atomic E-state index is 14.2. The summed E-state index contributed by atoms with van der Waals surface area (Å²) in [6, 6.07) is 7.38. The molecule has 15 atom stereocenters. The average Bonchev–Trinajstić information content (AvgIpc) is 3.36. The molecule has 1 unspecified atom stereocenters. The molecule has 398 valence electrons. The normalized spacial score (nSPS) is 30.5. The number of phenolic OH excluding ortho intramolecular Hbond substituents is 1. The van der Waals surface area contributed by atoms with Crippen LogP contribution in [0.15, 0.2) is 54.6 Å². The Balaban J connectivity index is 1.33. The molecule has 18 N–H and O–H groups in total. The molecular weight excluding hydrogens is 997 g/mol. The summed E-state index contributed by atoms with van der Waals surface area (Å²) in [5, 5.41) is 97.1. The van der Waals surface area contributed by atoms with Gasteiger partial charge in [0.1, 0.15) is 78.7 Å². The molecule has 3 fully saturated rings. The van der Waals surface area contributed by atoms with Crippen molar-refractivity contribution in [2.75, 3.05) is 44.4 Å². The average molecular weight is 1060 g/mol. The highest BCUT2D eigenvalue weighted by Crippen LogP contribution is 2.30. The van der Waals surface area contributed by atoms with E-state index in [1.807, 2.05) is 0 Å². The minimum Gasteiger partial charge on any atom is -0.508 e. The third kappa shape index (κ3) is 16.4. The summed E-state index contributed by atoms with van der Waals surface area (Å²) in [7, 11) is 1.96. The zero-order valence-corrected chi connectivity index (χ0v) is 39.9. The molecule has 72 heavy (non-hydrogen) atoms. The number of carbonyl (C=O) groups is 7. The van der Waals surface area contributed by atoms with Gasteiger partial charge in [-0.2, -0.15) is 0 Å². The van der Waals surface area contributed by atoms with Gasteiger partial charge in [-0.3, -0.25) is 33.6 Å². The van der Waals surface area contributed by atoms with Crippen LogP contribution in [0.5, 0.6) is 5.75 Å². The van der Waals surface area contributed by atoms with Gasteiger partial charge < -0.3 is 103 Å². The number of rotatable bonds is 18. The number of phenols is 1. The maximum absolute atomic E-state index is 14.2. The lowest BCUT2D eigenvalue weighted by molar-refractivity contribution is -0.359. The number of aromatic hydroxyl groups is 1. The quantitative estimate of drug-likeness (QED) is 0.0617. The van der Waals surface area contributed by atoms with Crippen molar-refractivity contribution in [1.82, 2.24) is 31.9 Å². The monoisotopic (exact) mass is 1060 g/mol. The van der Waals surface area contributed by atoms with Crippen LogP contribution in [0.2, 0.25) is 0 Å². The van der Waals surface area contributed by atoms with Crippen LogP contribution in [0.1, 0.15) is 11.1 Å². The smallest absolute Gasteiger partial charge is 0.245 e. The number of hydrogen-bond donors (Lipinski definition) is 16. The summed E-state index contributed by atoms with van der Waals surface area (Å²) in [5.41, 5.74) is 12.6. The Kier molecular flexibility index (Phi) is 22.2. The zero-order chi connectivity index (χ0) is 52.6. The van der Waals surface area contributed by atoms with Crippen LogP contribution in [0.3, 0.4) is 0 Å². The predicted octanol–water partition coefficient (Wildman–Crippen LogP) is -7.80. The largest absolute Gasteiger partial charge is 0.508 e. The van der Waals surface area contributed by atoms with Gasteiger partial charge in [0.05, 0.1) is 39.0 Å². The maximum Gasteiger partial charge on any atom is 0.245 e. The number of benzene rings is 2. The minimum atomic E-state index is -2.05. The van der Waals surface area contributed by atoms with Crippen molar-refractivity contribution in [1.29, 1.82) is 0 Å². The highest BCUT2D eigenvalue weighted by molar-refractivity contribution is 8.76. The third-order valence-electron chi connectivity index (χ3n) is 11.4. The molecule has 27 nitrogen and oxygen atoms in total. The Morgan fingerprint density at radius 2 is 1.43 bits per heavy atom. The van der Waals surface area contributed by atoms with E-state index in [0.29, 0.717) is 11.1 Å². The third-order valence-corrected chi connectivity index (χ3v) is 13.8. The van der Waals surface area contributed by atoms with E-state index in [1.165, 1.54) is 12.1 Å². The molecule has 2 aromatic rings. The van der Waals surface area contributed by atoms with Crippen LogP contribution < -0.4 is 43.4 Å². The Labute approximate surface area is 418 Å². The molecule has 7 amide bonds. The number of aliphatic hydroxyl groups excluding tert-OH is 7. The second-order valence-corrected chi connectivity index (χ2v) is 19.3. The van der Waals surface area contributed by atoms with Gasteiger partial charge in [0.25, 0.3) is 0 Å². The lowest BCUT2D eigenvalue weighted by Gasteiger charge is -2.46.